The molecule has 0 N–H and O–H groups in total. The predicted octanol–water partition coefficient (Wildman–Crippen LogP) is 1.45. The number of cyclic esters (lactones) is 1. The lowest BCUT2D eigenvalue weighted by molar-refractivity contribution is -0.202. The van der Waals surface area contributed by atoms with Gasteiger partial charge in [0.25, 0.3) is 0 Å². The van der Waals surface area contributed by atoms with Crippen LogP contribution in [0.4, 0.5) is 17.6 Å². The Bertz CT molecular complexity index is 282. The second kappa shape index (κ2) is 3.48. The van der Waals surface area contributed by atoms with Crippen molar-refractivity contribution in [2.24, 2.45) is 5.92 Å². The number of terminal acetylenes is 1. The fourth-order valence-electron chi connectivity index (χ4n) is 1.18. The Morgan fingerprint density at radius 1 is 1.57 bits per heavy atom. The molecular weight excluding hydrogens is 204 g/mol. The number of carbonyl (C=O) groups is 1. The quantitative estimate of drug-likeness (QED) is 0.391. The Labute approximate surface area is 77.2 Å². The molecule has 2 unspecified atom stereocenters. The zero-order chi connectivity index (χ0) is 10.9. The summed E-state index contributed by atoms with van der Waals surface area (Å²) < 4.78 is 53.3. The molecule has 0 radical (unpaired) electrons. The van der Waals surface area contributed by atoms with E-state index in [-0.39, 0.29) is 0 Å². The van der Waals surface area contributed by atoms with Gasteiger partial charge in [-0.3, -0.25) is 4.79 Å². The van der Waals surface area contributed by atoms with Gasteiger partial charge < -0.3 is 4.74 Å². The average Bonchev–Trinajstić information content (AvgIpc) is 2.46. The van der Waals surface area contributed by atoms with Gasteiger partial charge >= 0.3 is 18.3 Å². The summed E-state index contributed by atoms with van der Waals surface area (Å²) in [5.74, 6) is -4.80. The number of hydrogen-bond donors (Lipinski definition) is 0. The van der Waals surface area contributed by atoms with Crippen LogP contribution in [0.2, 0.25) is 0 Å². The smallest absolute Gasteiger partial charge is 0.344 e. The van der Waals surface area contributed by atoms with E-state index in [2.05, 4.69) is 4.74 Å². The van der Waals surface area contributed by atoms with Gasteiger partial charge in [0.2, 0.25) is 0 Å². The SMILES string of the molecule is C#CC1CC(=O)OC1C(F)(F)C(F)F. The van der Waals surface area contributed by atoms with Crippen LogP contribution < -0.4 is 0 Å². The number of rotatable bonds is 2. The zero-order valence-corrected chi connectivity index (χ0v) is 6.84. The van der Waals surface area contributed by atoms with Crippen molar-refractivity contribution < 1.29 is 27.1 Å². The van der Waals surface area contributed by atoms with Gasteiger partial charge in [-0.25, -0.2) is 8.78 Å². The van der Waals surface area contributed by atoms with Gasteiger partial charge in [-0.05, 0) is 0 Å². The number of halogens is 4. The summed E-state index contributed by atoms with van der Waals surface area (Å²) in [4.78, 5) is 10.6. The van der Waals surface area contributed by atoms with E-state index in [0.717, 1.165) is 0 Å². The molecule has 0 aromatic carbocycles. The first-order valence-electron chi connectivity index (χ1n) is 3.71. The van der Waals surface area contributed by atoms with Crippen LogP contribution in [-0.4, -0.2) is 24.4 Å². The molecule has 1 rings (SSSR count). The molecule has 1 aliphatic rings. The van der Waals surface area contributed by atoms with Crippen LogP contribution in [0, 0.1) is 18.3 Å². The van der Waals surface area contributed by atoms with Crippen LogP contribution in [0.15, 0.2) is 0 Å². The van der Waals surface area contributed by atoms with Crippen LogP contribution in [0.25, 0.3) is 0 Å². The second-order valence-corrected chi connectivity index (χ2v) is 2.86. The highest BCUT2D eigenvalue weighted by molar-refractivity contribution is 5.73. The van der Waals surface area contributed by atoms with Crippen molar-refractivity contribution >= 4 is 5.97 Å². The summed E-state index contributed by atoms with van der Waals surface area (Å²) in [5, 5.41) is 0. The molecule has 78 valence electrons. The maximum absolute atomic E-state index is 12.7. The molecule has 2 atom stereocenters. The van der Waals surface area contributed by atoms with Crippen molar-refractivity contribution in [1.29, 1.82) is 0 Å². The maximum Gasteiger partial charge on any atom is 0.344 e. The Balaban J connectivity index is 2.87. The number of alkyl halides is 4. The van der Waals surface area contributed by atoms with Gasteiger partial charge in [-0.15, -0.1) is 6.42 Å². The summed E-state index contributed by atoms with van der Waals surface area (Å²) >= 11 is 0. The largest absolute Gasteiger partial charge is 0.454 e. The highest BCUT2D eigenvalue weighted by Gasteiger charge is 2.57. The van der Waals surface area contributed by atoms with Crippen LogP contribution >= 0.6 is 0 Å². The minimum atomic E-state index is -4.39. The minimum absolute atomic E-state index is 0.441. The molecule has 2 nitrogen and oxygen atoms in total. The lowest BCUT2D eigenvalue weighted by Crippen LogP contribution is -2.43. The molecule has 0 spiro atoms. The fraction of sp³-hybridized carbons (Fsp3) is 0.625. The molecule has 0 aromatic rings. The van der Waals surface area contributed by atoms with Crippen LogP contribution in [0.5, 0.6) is 0 Å². The first-order valence-corrected chi connectivity index (χ1v) is 3.71. The number of ether oxygens (including phenoxy) is 1. The highest BCUT2D eigenvalue weighted by atomic mass is 19.3. The molecule has 6 heteroatoms. The Morgan fingerprint density at radius 2 is 2.14 bits per heavy atom. The van der Waals surface area contributed by atoms with E-state index in [1.165, 1.54) is 0 Å². The second-order valence-electron chi connectivity index (χ2n) is 2.86. The summed E-state index contributed by atoms with van der Waals surface area (Å²) in [5.41, 5.74) is 0. The van der Waals surface area contributed by atoms with Crippen LogP contribution in [0.3, 0.4) is 0 Å². The monoisotopic (exact) mass is 210 g/mol. The van der Waals surface area contributed by atoms with E-state index in [1.807, 2.05) is 5.92 Å². The van der Waals surface area contributed by atoms with Crippen molar-refractivity contribution in [3.63, 3.8) is 0 Å². The Kier molecular flexibility index (Phi) is 2.69. The average molecular weight is 210 g/mol. The predicted molar refractivity (Wildman–Crippen MR) is 37.8 cm³/mol. The lowest BCUT2D eigenvalue weighted by atomic mass is 9.97. The van der Waals surface area contributed by atoms with Crippen LogP contribution in [-0.2, 0) is 9.53 Å². The summed E-state index contributed by atoms with van der Waals surface area (Å²) in [6.45, 7) is 0. The van der Waals surface area contributed by atoms with E-state index in [4.69, 9.17) is 6.42 Å². The number of carbonyl (C=O) groups excluding carboxylic acids is 1. The normalized spacial score (nSPS) is 27.6. The number of hydrogen-bond acceptors (Lipinski definition) is 2. The molecule has 1 aliphatic heterocycles. The highest BCUT2D eigenvalue weighted by Crippen LogP contribution is 2.37. The minimum Gasteiger partial charge on any atom is -0.454 e. The van der Waals surface area contributed by atoms with Crippen molar-refractivity contribution in [2.45, 2.75) is 24.9 Å². The topological polar surface area (TPSA) is 26.3 Å². The van der Waals surface area contributed by atoms with Crippen molar-refractivity contribution in [3.8, 4) is 12.3 Å². The standard InChI is InChI=1S/C8H6F4O2/c1-2-4-3-5(13)14-6(4)8(11,12)7(9)10/h1,4,6-7H,3H2. The summed E-state index contributed by atoms with van der Waals surface area (Å²) in [6.07, 6.45) is -1.72. The van der Waals surface area contributed by atoms with Gasteiger partial charge in [-0.2, -0.15) is 8.78 Å². The van der Waals surface area contributed by atoms with Crippen molar-refractivity contribution in [1.82, 2.24) is 0 Å². The molecule has 1 fully saturated rings. The zero-order valence-electron chi connectivity index (χ0n) is 6.84. The third kappa shape index (κ3) is 1.67. The van der Waals surface area contributed by atoms with E-state index in [0.29, 0.717) is 0 Å². The molecule has 1 saturated heterocycles. The third-order valence-corrected chi connectivity index (χ3v) is 1.89. The van der Waals surface area contributed by atoms with E-state index in [9.17, 15) is 22.4 Å². The molecule has 0 saturated carbocycles. The molecule has 14 heavy (non-hydrogen) atoms. The van der Waals surface area contributed by atoms with Gasteiger partial charge in [0.05, 0.1) is 12.3 Å². The molecule has 1 heterocycles. The molecule has 0 bridgehead atoms. The first-order chi connectivity index (χ1) is 6.39. The van der Waals surface area contributed by atoms with E-state index >= 15 is 0 Å². The van der Waals surface area contributed by atoms with E-state index < -0.39 is 36.8 Å². The fourth-order valence-corrected chi connectivity index (χ4v) is 1.18. The van der Waals surface area contributed by atoms with Gasteiger partial charge in [-0.1, -0.05) is 5.92 Å². The van der Waals surface area contributed by atoms with Crippen molar-refractivity contribution in [2.75, 3.05) is 0 Å². The first kappa shape index (κ1) is 10.8. The summed E-state index contributed by atoms with van der Waals surface area (Å²) in [6, 6.07) is 0. The van der Waals surface area contributed by atoms with Crippen molar-refractivity contribution in [3.05, 3.63) is 0 Å². The van der Waals surface area contributed by atoms with Gasteiger partial charge in [0.1, 0.15) is 0 Å². The van der Waals surface area contributed by atoms with Crippen LogP contribution in [0.1, 0.15) is 6.42 Å². The van der Waals surface area contributed by atoms with Gasteiger partial charge in [0, 0.05) is 0 Å². The number of esters is 1. The molecule has 0 aliphatic carbocycles. The Hall–Kier alpha value is -1.25. The lowest BCUT2D eigenvalue weighted by Gasteiger charge is -2.23. The molecule has 0 amide bonds. The van der Waals surface area contributed by atoms with Gasteiger partial charge in [0.15, 0.2) is 6.10 Å². The third-order valence-electron chi connectivity index (χ3n) is 1.89. The maximum atomic E-state index is 12.7. The molecule has 0 aromatic heterocycles. The summed E-state index contributed by atoms with van der Waals surface area (Å²) in [7, 11) is 0. The Morgan fingerprint density at radius 3 is 2.57 bits per heavy atom. The molecular formula is C8H6F4O2. The van der Waals surface area contributed by atoms with E-state index in [1.54, 1.807) is 0 Å².